The highest BCUT2D eigenvalue weighted by Crippen LogP contribution is 2.25. The molecule has 21 heavy (non-hydrogen) atoms. The predicted molar refractivity (Wildman–Crippen MR) is 83.4 cm³/mol. The Morgan fingerprint density at radius 1 is 1.43 bits per heavy atom. The van der Waals surface area contributed by atoms with Crippen LogP contribution < -0.4 is 0 Å². The first-order valence-electron chi connectivity index (χ1n) is 6.88. The van der Waals surface area contributed by atoms with E-state index >= 15 is 0 Å². The molecule has 0 unspecified atom stereocenters. The Labute approximate surface area is 128 Å². The van der Waals surface area contributed by atoms with E-state index in [-0.39, 0.29) is 6.42 Å². The van der Waals surface area contributed by atoms with Gasteiger partial charge in [0, 0.05) is 17.6 Å². The van der Waals surface area contributed by atoms with Gasteiger partial charge in [-0.2, -0.15) is 0 Å². The van der Waals surface area contributed by atoms with Gasteiger partial charge in [-0.3, -0.25) is 4.79 Å². The molecule has 5 heteroatoms. The fourth-order valence-electron chi connectivity index (χ4n) is 1.88. The Balaban J connectivity index is 2.06. The van der Waals surface area contributed by atoms with Gasteiger partial charge in [-0.15, -0.1) is 11.3 Å². The second kappa shape index (κ2) is 7.33. The number of aromatic nitrogens is 1. The van der Waals surface area contributed by atoms with E-state index in [4.69, 9.17) is 9.84 Å². The van der Waals surface area contributed by atoms with E-state index in [0.29, 0.717) is 18.2 Å². The van der Waals surface area contributed by atoms with Gasteiger partial charge in [0.25, 0.3) is 0 Å². The van der Waals surface area contributed by atoms with Gasteiger partial charge in [0.15, 0.2) is 0 Å². The molecule has 0 bridgehead atoms. The van der Waals surface area contributed by atoms with E-state index < -0.39 is 5.97 Å². The number of ether oxygens (including phenoxy) is 1. The first-order valence-corrected chi connectivity index (χ1v) is 7.76. The first-order chi connectivity index (χ1) is 10.0. The molecular weight excluding hydrogens is 286 g/mol. The Morgan fingerprint density at radius 3 is 2.95 bits per heavy atom. The Hall–Kier alpha value is -1.72. The summed E-state index contributed by atoms with van der Waals surface area (Å²) in [6, 6.07) is 8.02. The van der Waals surface area contributed by atoms with E-state index in [1.165, 1.54) is 11.3 Å². The van der Waals surface area contributed by atoms with Crippen LogP contribution in [-0.4, -0.2) is 22.7 Å². The number of carboxylic acid groups (broad SMARTS) is 1. The number of hydrogen-bond acceptors (Lipinski definition) is 4. The average Bonchev–Trinajstić information content (AvgIpc) is 2.86. The van der Waals surface area contributed by atoms with Crippen molar-refractivity contribution >= 4 is 17.3 Å². The van der Waals surface area contributed by atoms with Gasteiger partial charge in [-0.1, -0.05) is 32.0 Å². The summed E-state index contributed by atoms with van der Waals surface area (Å²) in [7, 11) is 0. The largest absolute Gasteiger partial charge is 0.481 e. The van der Waals surface area contributed by atoms with Crippen LogP contribution in [0.1, 0.15) is 25.1 Å². The maximum atomic E-state index is 10.7. The van der Waals surface area contributed by atoms with Crippen molar-refractivity contribution in [3.63, 3.8) is 0 Å². The molecule has 112 valence electrons. The van der Waals surface area contributed by atoms with Crippen LogP contribution in [0.2, 0.25) is 0 Å². The van der Waals surface area contributed by atoms with Crippen molar-refractivity contribution in [1.82, 2.24) is 4.98 Å². The summed E-state index contributed by atoms with van der Waals surface area (Å²) in [5.74, 6) is -0.339. The van der Waals surface area contributed by atoms with Gasteiger partial charge < -0.3 is 9.84 Å². The Bertz CT molecular complexity index is 607. The normalized spacial score (nSPS) is 11.0. The van der Waals surface area contributed by atoms with Crippen LogP contribution in [0, 0.1) is 5.92 Å². The van der Waals surface area contributed by atoms with Crippen LogP contribution in [0.25, 0.3) is 10.6 Å². The van der Waals surface area contributed by atoms with Crippen LogP contribution in [-0.2, 0) is 22.6 Å². The molecule has 0 aliphatic carbocycles. The summed E-state index contributed by atoms with van der Waals surface area (Å²) in [5.41, 5.74) is 2.70. The maximum absolute atomic E-state index is 10.7. The van der Waals surface area contributed by atoms with Crippen LogP contribution in [0.5, 0.6) is 0 Å². The zero-order valence-electron chi connectivity index (χ0n) is 12.2. The third-order valence-corrected chi connectivity index (χ3v) is 3.72. The zero-order chi connectivity index (χ0) is 15.2. The number of hydrogen-bond donors (Lipinski definition) is 1. The maximum Gasteiger partial charge on any atom is 0.309 e. The van der Waals surface area contributed by atoms with Crippen molar-refractivity contribution in [3.8, 4) is 10.6 Å². The highest BCUT2D eigenvalue weighted by Gasteiger charge is 2.08. The third-order valence-electron chi connectivity index (χ3n) is 2.78. The third kappa shape index (κ3) is 4.95. The number of aliphatic carboxylic acids is 1. The quantitative estimate of drug-likeness (QED) is 0.849. The molecule has 0 amide bonds. The second-order valence-corrected chi connectivity index (χ2v) is 6.18. The van der Waals surface area contributed by atoms with Crippen molar-refractivity contribution in [2.45, 2.75) is 26.9 Å². The molecular formula is C16H19NO3S. The Morgan fingerprint density at radius 2 is 2.24 bits per heavy atom. The van der Waals surface area contributed by atoms with Crippen LogP contribution in [0.15, 0.2) is 29.6 Å². The molecule has 1 N–H and O–H groups in total. The van der Waals surface area contributed by atoms with Crippen LogP contribution >= 0.6 is 11.3 Å². The standard InChI is InChI=1S/C16H19NO3S/c1-11(2)8-20-9-12-4-3-5-13(6-12)16-17-14(10-21-16)7-15(18)19/h3-6,10-11H,7-9H2,1-2H3,(H,18,19). The molecule has 0 saturated carbocycles. The minimum atomic E-state index is -0.859. The number of benzene rings is 1. The molecule has 0 aliphatic heterocycles. The minimum Gasteiger partial charge on any atom is -0.481 e. The first kappa shape index (κ1) is 15.7. The molecule has 0 atom stereocenters. The van der Waals surface area contributed by atoms with Gasteiger partial charge in [0.05, 0.1) is 18.7 Å². The van der Waals surface area contributed by atoms with Crippen molar-refractivity contribution < 1.29 is 14.6 Å². The van der Waals surface area contributed by atoms with E-state index in [2.05, 4.69) is 18.8 Å². The molecule has 2 aromatic rings. The van der Waals surface area contributed by atoms with Gasteiger partial charge in [-0.25, -0.2) is 4.98 Å². The summed E-state index contributed by atoms with van der Waals surface area (Å²) < 4.78 is 5.64. The molecule has 4 nitrogen and oxygen atoms in total. The SMILES string of the molecule is CC(C)COCc1cccc(-c2nc(CC(=O)O)cs2)c1. The molecule has 1 heterocycles. The van der Waals surface area contributed by atoms with Gasteiger partial charge in [-0.05, 0) is 17.5 Å². The van der Waals surface area contributed by atoms with Gasteiger partial charge >= 0.3 is 5.97 Å². The average molecular weight is 305 g/mol. The number of rotatable bonds is 7. The predicted octanol–water partition coefficient (Wildman–Crippen LogP) is 3.61. The van der Waals surface area contributed by atoms with Crippen molar-refractivity contribution in [1.29, 1.82) is 0 Å². The molecule has 0 radical (unpaired) electrons. The van der Waals surface area contributed by atoms with E-state index in [9.17, 15) is 4.79 Å². The fraction of sp³-hybridized carbons (Fsp3) is 0.375. The summed E-state index contributed by atoms with van der Waals surface area (Å²) in [5, 5.41) is 11.4. The molecule has 0 aliphatic rings. The smallest absolute Gasteiger partial charge is 0.309 e. The van der Waals surface area contributed by atoms with Crippen molar-refractivity contribution in [3.05, 3.63) is 40.9 Å². The second-order valence-electron chi connectivity index (χ2n) is 5.32. The number of thiazole rings is 1. The zero-order valence-corrected chi connectivity index (χ0v) is 13.0. The van der Waals surface area contributed by atoms with Gasteiger partial charge in [0.1, 0.15) is 5.01 Å². The minimum absolute atomic E-state index is 0.0340. The molecule has 2 rings (SSSR count). The summed E-state index contributed by atoms with van der Waals surface area (Å²) >= 11 is 1.47. The molecule has 0 saturated heterocycles. The van der Waals surface area contributed by atoms with Crippen LogP contribution in [0.3, 0.4) is 0 Å². The van der Waals surface area contributed by atoms with Crippen LogP contribution in [0.4, 0.5) is 0 Å². The van der Waals surface area contributed by atoms with E-state index in [1.807, 2.05) is 24.3 Å². The summed E-state index contributed by atoms with van der Waals surface area (Å²) in [6.45, 7) is 5.57. The van der Waals surface area contributed by atoms with E-state index in [0.717, 1.165) is 22.7 Å². The monoisotopic (exact) mass is 305 g/mol. The molecule has 1 aromatic heterocycles. The summed E-state index contributed by atoms with van der Waals surface area (Å²) in [4.78, 5) is 15.1. The lowest BCUT2D eigenvalue weighted by Gasteiger charge is -2.07. The van der Waals surface area contributed by atoms with Crippen molar-refractivity contribution in [2.75, 3.05) is 6.61 Å². The number of carbonyl (C=O) groups is 1. The summed E-state index contributed by atoms with van der Waals surface area (Å²) in [6.07, 6.45) is -0.0340. The lowest BCUT2D eigenvalue weighted by molar-refractivity contribution is -0.136. The topological polar surface area (TPSA) is 59.4 Å². The molecule has 1 aromatic carbocycles. The lowest BCUT2D eigenvalue weighted by Crippen LogP contribution is -2.02. The number of nitrogens with zero attached hydrogens (tertiary/aromatic N) is 1. The highest BCUT2D eigenvalue weighted by atomic mass is 32.1. The van der Waals surface area contributed by atoms with Crippen molar-refractivity contribution in [2.24, 2.45) is 5.92 Å². The number of carboxylic acids is 1. The lowest BCUT2D eigenvalue weighted by atomic mass is 10.1. The Kier molecular flexibility index (Phi) is 5.47. The fourth-order valence-corrected chi connectivity index (χ4v) is 2.70. The molecule has 0 fully saturated rings. The highest BCUT2D eigenvalue weighted by molar-refractivity contribution is 7.13. The molecule has 0 spiro atoms. The van der Waals surface area contributed by atoms with E-state index in [1.54, 1.807) is 5.38 Å². The van der Waals surface area contributed by atoms with Gasteiger partial charge in [0.2, 0.25) is 0 Å².